The Morgan fingerprint density at radius 1 is 1.21 bits per heavy atom. The molecule has 0 aliphatic carbocycles. The minimum Gasteiger partial charge on any atom is -0.392 e. The van der Waals surface area contributed by atoms with Crippen LogP contribution in [0.15, 0.2) is 24.4 Å². The second-order valence-electron chi connectivity index (χ2n) is 6.28. The Labute approximate surface area is 140 Å². The van der Waals surface area contributed by atoms with Gasteiger partial charge in [-0.15, -0.1) is 0 Å². The predicted molar refractivity (Wildman–Crippen MR) is 86.3 cm³/mol. The second-order valence-corrected chi connectivity index (χ2v) is 6.28. The molecule has 1 N–H and O–H groups in total. The van der Waals surface area contributed by atoms with Crippen molar-refractivity contribution in [1.82, 2.24) is 14.9 Å². The molecule has 0 unspecified atom stereocenters. The first-order valence-electron chi connectivity index (χ1n) is 8.16. The quantitative estimate of drug-likeness (QED) is 0.935. The number of hydrogen-bond donors (Lipinski definition) is 1. The summed E-state index contributed by atoms with van der Waals surface area (Å²) in [5.41, 5.74) is 2.51. The molecule has 128 valence electrons. The summed E-state index contributed by atoms with van der Waals surface area (Å²) in [6.07, 6.45) is 3.55. The first-order valence-corrected chi connectivity index (χ1v) is 8.16. The zero-order valence-corrected chi connectivity index (χ0v) is 13.7. The van der Waals surface area contributed by atoms with Gasteiger partial charge >= 0.3 is 0 Å². The zero-order chi connectivity index (χ0) is 17.1. The van der Waals surface area contributed by atoms with E-state index in [0.717, 1.165) is 42.8 Å². The standard InChI is InChI=1S/C18H21F2N3O/c1-12-21-9-15(11-24)18(22-12)14-4-6-23(7-5-14)10-13-2-3-16(19)17(20)8-13/h2-3,8-9,14,24H,4-7,10-11H2,1H3. The van der Waals surface area contributed by atoms with E-state index in [1.807, 2.05) is 6.92 Å². The molecule has 24 heavy (non-hydrogen) atoms. The predicted octanol–water partition coefficient (Wildman–Crippen LogP) is 2.94. The van der Waals surface area contributed by atoms with Gasteiger partial charge in [0, 0.05) is 24.2 Å². The highest BCUT2D eigenvalue weighted by molar-refractivity contribution is 5.22. The van der Waals surface area contributed by atoms with Crippen LogP contribution in [-0.4, -0.2) is 33.1 Å². The van der Waals surface area contributed by atoms with Crippen LogP contribution in [-0.2, 0) is 13.2 Å². The summed E-state index contributed by atoms with van der Waals surface area (Å²) >= 11 is 0. The number of hydrogen-bond acceptors (Lipinski definition) is 4. The third-order valence-corrected chi connectivity index (χ3v) is 4.55. The molecule has 1 saturated heterocycles. The number of aliphatic hydroxyl groups excluding tert-OH is 1. The number of aliphatic hydroxyl groups is 1. The molecule has 0 atom stereocenters. The average molecular weight is 333 g/mol. The Morgan fingerprint density at radius 3 is 2.62 bits per heavy atom. The molecule has 6 heteroatoms. The van der Waals surface area contributed by atoms with E-state index >= 15 is 0 Å². The fourth-order valence-corrected chi connectivity index (χ4v) is 3.25. The lowest BCUT2D eigenvalue weighted by Crippen LogP contribution is -2.33. The molecule has 1 aliphatic heterocycles. The Morgan fingerprint density at radius 2 is 1.96 bits per heavy atom. The van der Waals surface area contributed by atoms with Crippen LogP contribution in [0.3, 0.4) is 0 Å². The minimum atomic E-state index is -0.812. The van der Waals surface area contributed by atoms with Crippen molar-refractivity contribution >= 4 is 0 Å². The van der Waals surface area contributed by atoms with Gasteiger partial charge in [-0.25, -0.2) is 18.7 Å². The number of likely N-dealkylation sites (tertiary alicyclic amines) is 1. The summed E-state index contributed by atoms with van der Waals surface area (Å²) in [6.45, 7) is 4.13. The molecular weight excluding hydrogens is 312 g/mol. The molecule has 1 fully saturated rings. The molecule has 4 nitrogen and oxygen atoms in total. The number of aryl methyl sites for hydroxylation is 1. The molecule has 2 heterocycles. The maximum Gasteiger partial charge on any atom is 0.159 e. The normalized spacial score (nSPS) is 16.5. The van der Waals surface area contributed by atoms with Crippen LogP contribution in [0.25, 0.3) is 0 Å². The van der Waals surface area contributed by atoms with Crippen molar-refractivity contribution in [3.63, 3.8) is 0 Å². The van der Waals surface area contributed by atoms with Crippen molar-refractivity contribution in [3.8, 4) is 0 Å². The third-order valence-electron chi connectivity index (χ3n) is 4.55. The van der Waals surface area contributed by atoms with Gasteiger partial charge in [-0.3, -0.25) is 4.90 Å². The highest BCUT2D eigenvalue weighted by atomic mass is 19.2. The highest BCUT2D eigenvalue weighted by Gasteiger charge is 2.24. The summed E-state index contributed by atoms with van der Waals surface area (Å²) in [5.74, 6) is -0.596. The summed E-state index contributed by atoms with van der Waals surface area (Å²) in [6, 6.07) is 4.07. The zero-order valence-electron chi connectivity index (χ0n) is 13.7. The van der Waals surface area contributed by atoms with E-state index in [1.165, 1.54) is 12.1 Å². The van der Waals surface area contributed by atoms with Crippen LogP contribution in [0.5, 0.6) is 0 Å². The maximum atomic E-state index is 13.3. The largest absolute Gasteiger partial charge is 0.392 e. The van der Waals surface area contributed by atoms with Gasteiger partial charge in [-0.2, -0.15) is 0 Å². The molecule has 0 bridgehead atoms. The molecule has 0 amide bonds. The van der Waals surface area contributed by atoms with Crippen LogP contribution in [0.1, 0.15) is 41.4 Å². The van der Waals surface area contributed by atoms with Gasteiger partial charge in [-0.1, -0.05) is 6.07 Å². The van der Waals surface area contributed by atoms with E-state index in [-0.39, 0.29) is 6.61 Å². The monoisotopic (exact) mass is 333 g/mol. The van der Waals surface area contributed by atoms with E-state index in [1.54, 1.807) is 12.3 Å². The smallest absolute Gasteiger partial charge is 0.159 e. The van der Waals surface area contributed by atoms with Crippen LogP contribution in [0.2, 0.25) is 0 Å². The number of nitrogens with zero attached hydrogens (tertiary/aromatic N) is 3. The fraction of sp³-hybridized carbons (Fsp3) is 0.444. The van der Waals surface area contributed by atoms with Crippen LogP contribution in [0, 0.1) is 18.6 Å². The molecule has 2 aromatic rings. The number of rotatable bonds is 4. The summed E-state index contributed by atoms with van der Waals surface area (Å²) in [5, 5.41) is 9.48. The Bertz CT molecular complexity index is 715. The first kappa shape index (κ1) is 16.9. The minimum absolute atomic E-state index is 0.0509. The molecule has 0 saturated carbocycles. The van der Waals surface area contributed by atoms with Crippen LogP contribution >= 0.6 is 0 Å². The van der Waals surface area contributed by atoms with Crippen LogP contribution < -0.4 is 0 Å². The summed E-state index contributed by atoms with van der Waals surface area (Å²) < 4.78 is 26.3. The summed E-state index contributed by atoms with van der Waals surface area (Å²) in [4.78, 5) is 10.9. The summed E-state index contributed by atoms with van der Waals surface area (Å²) in [7, 11) is 0. The van der Waals surface area contributed by atoms with Crippen LogP contribution in [0.4, 0.5) is 8.78 Å². The van der Waals surface area contributed by atoms with E-state index in [9.17, 15) is 13.9 Å². The van der Waals surface area contributed by atoms with Gasteiger partial charge in [0.1, 0.15) is 5.82 Å². The van der Waals surface area contributed by atoms with E-state index in [4.69, 9.17) is 0 Å². The Kier molecular flexibility index (Phi) is 5.16. The van der Waals surface area contributed by atoms with Crippen molar-refractivity contribution in [1.29, 1.82) is 0 Å². The lowest BCUT2D eigenvalue weighted by Gasteiger charge is -2.32. The molecule has 0 radical (unpaired) electrons. The van der Waals surface area contributed by atoms with Crippen molar-refractivity contribution < 1.29 is 13.9 Å². The van der Waals surface area contributed by atoms with Crippen molar-refractivity contribution in [2.75, 3.05) is 13.1 Å². The van der Waals surface area contributed by atoms with Crippen molar-refractivity contribution in [3.05, 3.63) is 58.7 Å². The first-order chi connectivity index (χ1) is 11.6. The third kappa shape index (κ3) is 3.76. The number of halogens is 2. The molecular formula is C18H21F2N3O. The Hall–Kier alpha value is -1.92. The van der Waals surface area contributed by atoms with Gasteiger partial charge in [0.25, 0.3) is 0 Å². The molecule has 3 rings (SSSR count). The van der Waals surface area contributed by atoms with E-state index in [2.05, 4.69) is 14.9 Å². The van der Waals surface area contributed by atoms with Gasteiger partial charge in [0.2, 0.25) is 0 Å². The van der Waals surface area contributed by atoms with Crippen molar-refractivity contribution in [2.24, 2.45) is 0 Å². The average Bonchev–Trinajstić information content (AvgIpc) is 2.59. The molecule has 1 aromatic heterocycles. The number of piperidine rings is 1. The highest BCUT2D eigenvalue weighted by Crippen LogP contribution is 2.29. The van der Waals surface area contributed by atoms with Gasteiger partial charge in [-0.05, 0) is 50.6 Å². The number of aromatic nitrogens is 2. The van der Waals surface area contributed by atoms with Crippen molar-refractivity contribution in [2.45, 2.75) is 38.8 Å². The van der Waals surface area contributed by atoms with Gasteiger partial charge in [0.15, 0.2) is 11.6 Å². The number of benzene rings is 1. The van der Waals surface area contributed by atoms with E-state index < -0.39 is 11.6 Å². The SMILES string of the molecule is Cc1ncc(CO)c(C2CCN(Cc3ccc(F)c(F)c3)CC2)n1. The Balaban J connectivity index is 1.63. The molecule has 1 aliphatic rings. The lowest BCUT2D eigenvalue weighted by atomic mass is 9.90. The van der Waals surface area contributed by atoms with Gasteiger partial charge < -0.3 is 5.11 Å². The maximum absolute atomic E-state index is 13.3. The molecule has 1 aromatic carbocycles. The fourth-order valence-electron chi connectivity index (χ4n) is 3.25. The topological polar surface area (TPSA) is 49.3 Å². The van der Waals surface area contributed by atoms with Gasteiger partial charge in [0.05, 0.1) is 12.3 Å². The lowest BCUT2D eigenvalue weighted by molar-refractivity contribution is 0.200. The van der Waals surface area contributed by atoms with E-state index in [0.29, 0.717) is 18.3 Å². The second kappa shape index (κ2) is 7.32. The molecule has 0 spiro atoms.